The summed E-state index contributed by atoms with van der Waals surface area (Å²) in [7, 11) is 5.85. The van der Waals surface area contributed by atoms with Crippen molar-refractivity contribution in [1.29, 1.82) is 0 Å². The minimum Gasteiger partial charge on any atom is -0.261 e. The van der Waals surface area contributed by atoms with E-state index in [1.807, 2.05) is 19.2 Å². The van der Waals surface area contributed by atoms with Gasteiger partial charge >= 0.3 is 0 Å². The number of pyridine rings is 1. The van der Waals surface area contributed by atoms with Crippen LogP contribution in [0.15, 0.2) is 12.3 Å². The maximum atomic E-state index is 5.85. The Hall–Kier alpha value is -0.785. The minimum absolute atomic E-state index is 0.0395. The zero-order chi connectivity index (χ0) is 9.35. The smallest absolute Gasteiger partial charge is 0.116 e. The van der Waals surface area contributed by atoms with Crippen molar-refractivity contribution in [3.63, 3.8) is 0 Å². The normalized spacial score (nSPS) is 11.7. The number of aryl methyl sites for hydroxylation is 1. The predicted molar refractivity (Wildman–Crippen MR) is 53.1 cm³/mol. The topological polar surface area (TPSA) is 12.9 Å². The summed E-state index contributed by atoms with van der Waals surface area (Å²) in [6.45, 7) is 8.33. The molecule has 1 nitrogen and oxygen atoms in total. The lowest BCUT2D eigenvalue weighted by molar-refractivity contribution is 0.573. The van der Waals surface area contributed by atoms with Gasteiger partial charge < -0.3 is 0 Å². The van der Waals surface area contributed by atoms with Crippen molar-refractivity contribution in [3.8, 4) is 0 Å². The summed E-state index contributed by atoms with van der Waals surface area (Å²) in [6.07, 6.45) is 1.86. The van der Waals surface area contributed by atoms with E-state index in [2.05, 4.69) is 25.8 Å². The van der Waals surface area contributed by atoms with Gasteiger partial charge in [0.05, 0.1) is 0 Å². The van der Waals surface area contributed by atoms with Gasteiger partial charge in [0.2, 0.25) is 0 Å². The third kappa shape index (κ3) is 1.87. The van der Waals surface area contributed by atoms with E-state index in [0.717, 1.165) is 16.7 Å². The van der Waals surface area contributed by atoms with Crippen LogP contribution in [-0.2, 0) is 5.41 Å². The standard InChI is InChI=1S/C10H14BN/c1-7-5-8(11)9(12-6-7)10(2,3)4/h5-6H,1-4H3. The first-order chi connectivity index (χ1) is 5.41. The second kappa shape index (κ2) is 2.93. The average molecular weight is 159 g/mol. The van der Waals surface area contributed by atoms with Crippen molar-refractivity contribution in [2.45, 2.75) is 33.1 Å². The lowest BCUT2D eigenvalue weighted by atomic mass is 9.81. The summed E-state index contributed by atoms with van der Waals surface area (Å²) in [5.41, 5.74) is 2.92. The van der Waals surface area contributed by atoms with Crippen LogP contribution < -0.4 is 5.46 Å². The molecule has 0 amide bonds. The highest BCUT2D eigenvalue weighted by Crippen LogP contribution is 2.17. The third-order valence-electron chi connectivity index (χ3n) is 1.76. The van der Waals surface area contributed by atoms with Gasteiger partial charge in [0.1, 0.15) is 7.85 Å². The first-order valence-electron chi connectivity index (χ1n) is 4.14. The Kier molecular flexibility index (Phi) is 2.27. The van der Waals surface area contributed by atoms with Crippen LogP contribution in [0.4, 0.5) is 0 Å². The Labute approximate surface area is 75.6 Å². The number of hydrogen-bond donors (Lipinski definition) is 0. The summed E-state index contributed by atoms with van der Waals surface area (Å²) in [4.78, 5) is 4.32. The highest BCUT2D eigenvalue weighted by atomic mass is 14.7. The maximum absolute atomic E-state index is 5.85. The fourth-order valence-electron chi connectivity index (χ4n) is 1.22. The quantitative estimate of drug-likeness (QED) is 0.522. The van der Waals surface area contributed by atoms with E-state index in [9.17, 15) is 0 Å². The zero-order valence-corrected chi connectivity index (χ0v) is 8.18. The van der Waals surface area contributed by atoms with Gasteiger partial charge in [-0.05, 0) is 12.5 Å². The Bertz CT molecular complexity index is 286. The molecular formula is C10H14BN. The fraction of sp³-hybridized carbons (Fsp3) is 0.500. The second-order valence-corrected chi connectivity index (χ2v) is 4.20. The molecule has 0 saturated heterocycles. The van der Waals surface area contributed by atoms with Crippen molar-refractivity contribution in [2.75, 3.05) is 0 Å². The molecule has 0 aliphatic carbocycles. The number of hydrogen-bond acceptors (Lipinski definition) is 1. The van der Waals surface area contributed by atoms with E-state index in [1.54, 1.807) is 0 Å². The van der Waals surface area contributed by atoms with E-state index in [0.29, 0.717) is 0 Å². The molecule has 0 N–H and O–H groups in total. The van der Waals surface area contributed by atoms with Crippen molar-refractivity contribution >= 4 is 13.3 Å². The Balaban J connectivity index is 3.19. The van der Waals surface area contributed by atoms with Crippen molar-refractivity contribution < 1.29 is 0 Å². The SMILES string of the molecule is [B]c1cc(C)cnc1C(C)(C)C. The van der Waals surface area contributed by atoms with Crippen LogP contribution in [0.1, 0.15) is 32.0 Å². The summed E-state index contributed by atoms with van der Waals surface area (Å²) < 4.78 is 0. The average Bonchev–Trinajstić information content (AvgIpc) is 1.83. The molecular weight excluding hydrogens is 145 g/mol. The van der Waals surface area contributed by atoms with Gasteiger partial charge in [-0.3, -0.25) is 4.98 Å². The largest absolute Gasteiger partial charge is 0.261 e. The van der Waals surface area contributed by atoms with Crippen molar-refractivity contribution in [3.05, 3.63) is 23.5 Å². The maximum Gasteiger partial charge on any atom is 0.116 e. The van der Waals surface area contributed by atoms with Crippen LogP contribution in [0, 0.1) is 6.92 Å². The van der Waals surface area contributed by atoms with Gasteiger partial charge in [-0.25, -0.2) is 0 Å². The molecule has 0 spiro atoms. The molecule has 0 aliphatic rings. The highest BCUT2D eigenvalue weighted by Gasteiger charge is 2.16. The molecule has 0 fully saturated rings. The second-order valence-electron chi connectivity index (χ2n) is 4.20. The Morgan fingerprint density at radius 3 is 2.33 bits per heavy atom. The summed E-state index contributed by atoms with van der Waals surface area (Å²) in [6, 6.07) is 1.97. The number of aromatic nitrogens is 1. The molecule has 0 aromatic carbocycles. The number of rotatable bonds is 0. The Morgan fingerprint density at radius 1 is 1.33 bits per heavy atom. The van der Waals surface area contributed by atoms with Crippen LogP contribution in [0.25, 0.3) is 0 Å². The lowest BCUT2D eigenvalue weighted by Crippen LogP contribution is -2.25. The van der Waals surface area contributed by atoms with E-state index in [1.165, 1.54) is 0 Å². The van der Waals surface area contributed by atoms with Crippen molar-refractivity contribution in [1.82, 2.24) is 4.98 Å². The van der Waals surface area contributed by atoms with Gasteiger partial charge in [-0.15, -0.1) is 0 Å². The Morgan fingerprint density at radius 2 is 1.92 bits per heavy atom. The van der Waals surface area contributed by atoms with E-state index < -0.39 is 0 Å². The molecule has 0 bridgehead atoms. The van der Waals surface area contributed by atoms with Crippen LogP contribution in [0.2, 0.25) is 0 Å². The molecule has 62 valence electrons. The molecule has 12 heavy (non-hydrogen) atoms. The van der Waals surface area contributed by atoms with Crippen molar-refractivity contribution in [2.24, 2.45) is 0 Å². The van der Waals surface area contributed by atoms with E-state index >= 15 is 0 Å². The van der Waals surface area contributed by atoms with Gasteiger partial charge in [0.25, 0.3) is 0 Å². The molecule has 0 aliphatic heterocycles. The predicted octanol–water partition coefficient (Wildman–Crippen LogP) is 1.48. The van der Waals surface area contributed by atoms with Gasteiger partial charge in [0, 0.05) is 17.3 Å². The van der Waals surface area contributed by atoms with Gasteiger partial charge in [-0.2, -0.15) is 0 Å². The first-order valence-corrected chi connectivity index (χ1v) is 4.14. The molecule has 0 unspecified atom stereocenters. The monoisotopic (exact) mass is 159 g/mol. The summed E-state index contributed by atoms with van der Waals surface area (Å²) >= 11 is 0. The number of nitrogens with zero attached hydrogens (tertiary/aromatic N) is 1. The van der Waals surface area contributed by atoms with E-state index in [4.69, 9.17) is 7.85 Å². The third-order valence-corrected chi connectivity index (χ3v) is 1.76. The highest BCUT2D eigenvalue weighted by molar-refractivity contribution is 6.33. The molecule has 1 heterocycles. The van der Waals surface area contributed by atoms with Gasteiger partial charge in [-0.1, -0.05) is 32.3 Å². The van der Waals surface area contributed by atoms with Crippen LogP contribution in [0.5, 0.6) is 0 Å². The summed E-state index contributed by atoms with van der Waals surface area (Å²) in [5, 5.41) is 0. The molecule has 2 radical (unpaired) electrons. The molecule has 0 atom stereocenters. The van der Waals surface area contributed by atoms with Crippen LogP contribution in [0.3, 0.4) is 0 Å². The molecule has 2 heteroatoms. The molecule has 0 saturated carbocycles. The van der Waals surface area contributed by atoms with Gasteiger partial charge in [0.15, 0.2) is 0 Å². The lowest BCUT2D eigenvalue weighted by Gasteiger charge is -2.20. The summed E-state index contributed by atoms with van der Waals surface area (Å²) in [5.74, 6) is 0. The molecule has 1 rings (SSSR count). The molecule has 1 aromatic rings. The first kappa shape index (κ1) is 9.30. The van der Waals surface area contributed by atoms with Crippen LogP contribution >= 0.6 is 0 Å². The van der Waals surface area contributed by atoms with Crippen LogP contribution in [-0.4, -0.2) is 12.8 Å². The van der Waals surface area contributed by atoms with E-state index in [-0.39, 0.29) is 5.41 Å². The minimum atomic E-state index is 0.0395. The zero-order valence-electron chi connectivity index (χ0n) is 8.18. The molecule has 1 aromatic heterocycles. The fourth-order valence-corrected chi connectivity index (χ4v) is 1.22.